The van der Waals surface area contributed by atoms with E-state index in [2.05, 4.69) is 45.5 Å². The second-order valence-corrected chi connectivity index (χ2v) is 4.55. The van der Waals surface area contributed by atoms with E-state index in [-0.39, 0.29) is 5.60 Å². The van der Waals surface area contributed by atoms with Crippen LogP contribution in [0.5, 0.6) is 0 Å². The molecule has 1 unspecified atom stereocenters. The van der Waals surface area contributed by atoms with Crippen molar-refractivity contribution in [3.8, 4) is 0 Å². The zero-order valence-corrected chi connectivity index (χ0v) is 9.80. The van der Waals surface area contributed by atoms with Gasteiger partial charge in [-0.05, 0) is 30.7 Å². The van der Waals surface area contributed by atoms with Crippen molar-refractivity contribution < 1.29 is 4.74 Å². The van der Waals surface area contributed by atoms with Gasteiger partial charge in [-0.2, -0.15) is 0 Å². The quantitative estimate of drug-likeness (QED) is 0.876. The molecular formula is C11H14BrNO. The first kappa shape index (κ1) is 10.1. The zero-order valence-electron chi connectivity index (χ0n) is 8.22. The fourth-order valence-corrected chi connectivity index (χ4v) is 2.23. The van der Waals surface area contributed by atoms with Crippen molar-refractivity contribution in [2.75, 3.05) is 20.2 Å². The lowest BCUT2D eigenvalue weighted by atomic mass is 9.93. The molecule has 1 aromatic carbocycles. The molecule has 0 aliphatic carbocycles. The van der Waals surface area contributed by atoms with E-state index in [1.165, 1.54) is 5.56 Å². The van der Waals surface area contributed by atoms with Crippen molar-refractivity contribution in [3.05, 3.63) is 34.3 Å². The van der Waals surface area contributed by atoms with Crippen LogP contribution in [0.2, 0.25) is 0 Å². The standard InChI is InChI=1S/C11H14BrNO/c1-14-11(6-7-13-8-11)9-2-4-10(12)5-3-9/h2-5,13H,6-8H2,1H3. The minimum Gasteiger partial charge on any atom is -0.372 e. The van der Waals surface area contributed by atoms with Crippen LogP contribution in [0, 0.1) is 0 Å². The third-order valence-electron chi connectivity index (χ3n) is 2.88. The van der Waals surface area contributed by atoms with Crippen LogP contribution in [0.3, 0.4) is 0 Å². The summed E-state index contributed by atoms with van der Waals surface area (Å²) in [5, 5.41) is 3.34. The summed E-state index contributed by atoms with van der Waals surface area (Å²) in [6, 6.07) is 8.38. The summed E-state index contributed by atoms with van der Waals surface area (Å²) in [5.41, 5.74) is 1.15. The Balaban J connectivity index is 2.31. The monoisotopic (exact) mass is 255 g/mol. The Morgan fingerprint density at radius 3 is 2.57 bits per heavy atom. The molecule has 1 aromatic rings. The molecule has 0 amide bonds. The van der Waals surface area contributed by atoms with Crippen molar-refractivity contribution in [2.24, 2.45) is 0 Å². The van der Waals surface area contributed by atoms with Crippen LogP contribution >= 0.6 is 15.9 Å². The first-order valence-corrected chi connectivity index (χ1v) is 5.58. The van der Waals surface area contributed by atoms with Gasteiger partial charge < -0.3 is 10.1 Å². The van der Waals surface area contributed by atoms with Gasteiger partial charge in [0.15, 0.2) is 0 Å². The van der Waals surface area contributed by atoms with Gasteiger partial charge in [0.05, 0.1) is 0 Å². The van der Waals surface area contributed by atoms with Gasteiger partial charge >= 0.3 is 0 Å². The molecular weight excluding hydrogens is 242 g/mol. The van der Waals surface area contributed by atoms with Gasteiger partial charge in [-0.3, -0.25) is 0 Å². The van der Waals surface area contributed by atoms with Crippen molar-refractivity contribution in [1.29, 1.82) is 0 Å². The molecule has 1 saturated heterocycles. The highest BCUT2D eigenvalue weighted by atomic mass is 79.9. The molecule has 0 radical (unpaired) electrons. The number of benzene rings is 1. The van der Waals surface area contributed by atoms with Gasteiger partial charge in [-0.15, -0.1) is 0 Å². The second-order valence-electron chi connectivity index (χ2n) is 3.63. The molecule has 1 atom stereocenters. The molecule has 0 bridgehead atoms. The van der Waals surface area contributed by atoms with Crippen molar-refractivity contribution in [1.82, 2.24) is 5.32 Å². The fraction of sp³-hybridized carbons (Fsp3) is 0.455. The van der Waals surface area contributed by atoms with E-state index in [9.17, 15) is 0 Å². The Hall–Kier alpha value is -0.380. The van der Waals surface area contributed by atoms with Gasteiger partial charge in [-0.1, -0.05) is 28.1 Å². The fourth-order valence-electron chi connectivity index (χ4n) is 1.96. The Morgan fingerprint density at radius 2 is 2.07 bits per heavy atom. The van der Waals surface area contributed by atoms with Gasteiger partial charge in [-0.25, -0.2) is 0 Å². The number of halogens is 1. The third kappa shape index (κ3) is 1.72. The summed E-state index contributed by atoms with van der Waals surface area (Å²) < 4.78 is 6.76. The second kappa shape index (κ2) is 4.01. The van der Waals surface area contributed by atoms with Gasteiger partial charge in [0.2, 0.25) is 0 Å². The maximum atomic E-state index is 5.65. The summed E-state index contributed by atoms with van der Waals surface area (Å²) in [6.45, 7) is 1.94. The van der Waals surface area contributed by atoms with Crippen LogP contribution in [0.1, 0.15) is 12.0 Å². The summed E-state index contributed by atoms with van der Waals surface area (Å²) in [7, 11) is 1.79. The van der Waals surface area contributed by atoms with E-state index < -0.39 is 0 Å². The molecule has 1 heterocycles. The SMILES string of the molecule is COC1(c2ccc(Br)cc2)CCNC1. The highest BCUT2D eigenvalue weighted by Gasteiger charge is 2.35. The van der Waals surface area contributed by atoms with Gasteiger partial charge in [0, 0.05) is 18.1 Å². The van der Waals surface area contributed by atoms with E-state index >= 15 is 0 Å². The number of ether oxygens (including phenoxy) is 1. The van der Waals surface area contributed by atoms with Crippen LogP contribution in [-0.2, 0) is 10.3 Å². The largest absolute Gasteiger partial charge is 0.372 e. The molecule has 0 saturated carbocycles. The molecule has 1 aliphatic heterocycles. The predicted octanol–water partition coefficient (Wildman–Crippen LogP) is 2.28. The van der Waals surface area contributed by atoms with E-state index in [1.807, 2.05) is 0 Å². The molecule has 2 rings (SSSR count). The zero-order chi connectivity index (χ0) is 10.0. The van der Waals surface area contributed by atoms with Gasteiger partial charge in [0.25, 0.3) is 0 Å². The lowest BCUT2D eigenvalue weighted by Gasteiger charge is -2.27. The number of nitrogens with one attached hydrogen (secondary N) is 1. The van der Waals surface area contributed by atoms with Crippen LogP contribution in [-0.4, -0.2) is 20.2 Å². The lowest BCUT2D eigenvalue weighted by Crippen LogP contribution is -2.30. The average Bonchev–Trinajstić information content (AvgIpc) is 2.68. The van der Waals surface area contributed by atoms with E-state index in [0.717, 1.165) is 24.0 Å². The molecule has 1 aliphatic rings. The maximum Gasteiger partial charge on any atom is 0.106 e. The third-order valence-corrected chi connectivity index (χ3v) is 3.41. The van der Waals surface area contributed by atoms with Crippen LogP contribution < -0.4 is 5.32 Å². The van der Waals surface area contributed by atoms with Crippen LogP contribution in [0.15, 0.2) is 28.7 Å². The summed E-state index contributed by atoms with van der Waals surface area (Å²) >= 11 is 3.44. The number of hydrogen-bond donors (Lipinski definition) is 1. The Bertz CT molecular complexity index is 304. The van der Waals surface area contributed by atoms with Crippen molar-refractivity contribution >= 4 is 15.9 Å². The van der Waals surface area contributed by atoms with Crippen molar-refractivity contribution in [2.45, 2.75) is 12.0 Å². The molecule has 3 heteroatoms. The molecule has 0 spiro atoms. The Kier molecular flexibility index (Phi) is 2.91. The molecule has 76 valence electrons. The summed E-state index contributed by atoms with van der Waals surface area (Å²) in [5.74, 6) is 0. The van der Waals surface area contributed by atoms with E-state index in [1.54, 1.807) is 7.11 Å². The van der Waals surface area contributed by atoms with E-state index in [0.29, 0.717) is 0 Å². The first-order chi connectivity index (χ1) is 6.77. The molecule has 14 heavy (non-hydrogen) atoms. The minimum atomic E-state index is -0.110. The molecule has 1 N–H and O–H groups in total. The van der Waals surface area contributed by atoms with Crippen LogP contribution in [0.4, 0.5) is 0 Å². The molecule has 0 aromatic heterocycles. The molecule has 1 fully saturated rings. The number of methoxy groups -OCH3 is 1. The predicted molar refractivity (Wildman–Crippen MR) is 60.3 cm³/mol. The Morgan fingerprint density at radius 1 is 1.36 bits per heavy atom. The summed E-state index contributed by atoms with van der Waals surface area (Å²) in [6.07, 6.45) is 1.05. The topological polar surface area (TPSA) is 21.3 Å². The highest BCUT2D eigenvalue weighted by molar-refractivity contribution is 9.10. The first-order valence-electron chi connectivity index (χ1n) is 4.79. The van der Waals surface area contributed by atoms with Crippen LogP contribution in [0.25, 0.3) is 0 Å². The van der Waals surface area contributed by atoms with E-state index in [4.69, 9.17) is 4.74 Å². The minimum absolute atomic E-state index is 0.110. The molecule has 2 nitrogen and oxygen atoms in total. The van der Waals surface area contributed by atoms with Gasteiger partial charge in [0.1, 0.15) is 5.60 Å². The highest BCUT2D eigenvalue weighted by Crippen LogP contribution is 2.31. The maximum absolute atomic E-state index is 5.65. The summed E-state index contributed by atoms with van der Waals surface area (Å²) in [4.78, 5) is 0. The number of hydrogen-bond acceptors (Lipinski definition) is 2. The Labute approximate surface area is 92.8 Å². The smallest absolute Gasteiger partial charge is 0.106 e. The lowest BCUT2D eigenvalue weighted by molar-refractivity contribution is 0.00324. The van der Waals surface area contributed by atoms with Crippen molar-refractivity contribution in [3.63, 3.8) is 0 Å². The normalized spacial score (nSPS) is 26.7. The average molecular weight is 256 g/mol. The number of rotatable bonds is 2.